The van der Waals surface area contributed by atoms with E-state index in [2.05, 4.69) is 16.9 Å². The van der Waals surface area contributed by atoms with Gasteiger partial charge >= 0.3 is 12.1 Å². The first kappa shape index (κ1) is 29.9. The first-order valence-corrected chi connectivity index (χ1v) is 13.0. The van der Waals surface area contributed by atoms with E-state index in [1.165, 1.54) is 17.0 Å². The van der Waals surface area contributed by atoms with Gasteiger partial charge in [-0.3, -0.25) is 4.79 Å². The van der Waals surface area contributed by atoms with Gasteiger partial charge in [0.1, 0.15) is 5.56 Å². The lowest BCUT2D eigenvalue weighted by Gasteiger charge is -2.34. The van der Waals surface area contributed by atoms with E-state index in [-0.39, 0.29) is 28.6 Å². The molecule has 0 aliphatic heterocycles. The van der Waals surface area contributed by atoms with Crippen LogP contribution in [0.25, 0.3) is 11.1 Å². The van der Waals surface area contributed by atoms with Gasteiger partial charge in [-0.05, 0) is 63.6 Å². The predicted octanol–water partition coefficient (Wildman–Crippen LogP) is 7.50. The van der Waals surface area contributed by atoms with Crippen LogP contribution in [-0.4, -0.2) is 33.0 Å². The predicted molar refractivity (Wildman–Crippen MR) is 140 cm³/mol. The highest BCUT2D eigenvalue weighted by Crippen LogP contribution is 2.41. The van der Waals surface area contributed by atoms with E-state index in [1.54, 1.807) is 13.8 Å². The molecule has 7 nitrogen and oxygen atoms in total. The maximum atomic E-state index is 15.4. The number of alkyl halides is 3. The molecule has 1 saturated carbocycles. The van der Waals surface area contributed by atoms with Crippen molar-refractivity contribution >= 4 is 17.6 Å². The lowest BCUT2D eigenvalue weighted by Crippen LogP contribution is -2.43. The molecule has 1 aliphatic rings. The van der Waals surface area contributed by atoms with Gasteiger partial charge in [-0.2, -0.15) is 17.6 Å². The van der Waals surface area contributed by atoms with Crippen molar-refractivity contribution in [1.82, 2.24) is 9.97 Å². The maximum absolute atomic E-state index is 15.4. The lowest BCUT2D eigenvalue weighted by molar-refractivity contribution is -0.138. The highest BCUT2D eigenvalue weighted by molar-refractivity contribution is 6.03. The standard InChI is InChI=1S/C29H28F5N3O4/c1-15(2)37(27(38)17-8-6-16(3)7-9-17)23-13-22(30)24(12-20(23)28(39)40)41-26-21(29(32,33)34)11-18(14-36-26)19-5-4-10-35-25(19)31/h4-5,10-17H,6-9H2,1-3H3,(H,39,40). The monoisotopic (exact) mass is 577 g/mol. The van der Waals surface area contributed by atoms with Crippen molar-refractivity contribution in [2.45, 2.75) is 58.7 Å². The number of amides is 1. The number of aromatic nitrogens is 2. The highest BCUT2D eigenvalue weighted by atomic mass is 19.4. The third-order valence-corrected chi connectivity index (χ3v) is 7.09. The fourth-order valence-electron chi connectivity index (χ4n) is 4.94. The zero-order valence-corrected chi connectivity index (χ0v) is 22.5. The van der Waals surface area contributed by atoms with Crippen LogP contribution in [0.2, 0.25) is 0 Å². The number of anilines is 1. The van der Waals surface area contributed by atoms with E-state index in [0.717, 1.165) is 37.4 Å². The Morgan fingerprint density at radius 3 is 2.34 bits per heavy atom. The first-order valence-electron chi connectivity index (χ1n) is 13.0. The number of benzene rings is 1. The fourth-order valence-corrected chi connectivity index (χ4v) is 4.94. The molecule has 4 rings (SSSR count). The molecule has 12 heteroatoms. The molecular weight excluding hydrogens is 549 g/mol. The molecule has 1 aromatic carbocycles. The molecule has 1 fully saturated rings. The molecule has 2 aromatic heterocycles. The number of hydrogen-bond donors (Lipinski definition) is 1. The van der Waals surface area contributed by atoms with Gasteiger partial charge in [0, 0.05) is 47.6 Å². The van der Waals surface area contributed by atoms with Crippen LogP contribution in [-0.2, 0) is 11.0 Å². The van der Waals surface area contributed by atoms with Gasteiger partial charge in [-0.15, -0.1) is 0 Å². The number of aromatic carboxylic acids is 1. The number of halogens is 5. The molecule has 0 radical (unpaired) electrons. The van der Waals surface area contributed by atoms with E-state index in [9.17, 15) is 32.3 Å². The second kappa shape index (κ2) is 11.8. The minimum absolute atomic E-state index is 0.229. The SMILES string of the molecule is CC1CCC(C(=O)N(c2cc(F)c(Oc3ncc(-c4cccnc4F)cc3C(F)(F)F)cc2C(=O)O)C(C)C)CC1. The maximum Gasteiger partial charge on any atom is 0.421 e. The number of nitrogens with zero attached hydrogens (tertiary/aromatic N) is 3. The molecule has 0 saturated heterocycles. The minimum Gasteiger partial charge on any atom is -0.478 e. The fraction of sp³-hybridized carbons (Fsp3) is 0.379. The van der Waals surface area contributed by atoms with Crippen molar-refractivity contribution in [3.05, 3.63) is 65.6 Å². The number of carbonyl (C=O) groups excluding carboxylic acids is 1. The molecule has 218 valence electrons. The van der Waals surface area contributed by atoms with Gasteiger partial charge in [0.15, 0.2) is 11.6 Å². The molecule has 1 aliphatic carbocycles. The number of ether oxygens (including phenoxy) is 1. The van der Waals surface area contributed by atoms with Crippen LogP contribution >= 0.6 is 0 Å². The van der Waals surface area contributed by atoms with Crippen LogP contribution in [0, 0.1) is 23.6 Å². The summed E-state index contributed by atoms with van der Waals surface area (Å²) >= 11 is 0. The molecule has 1 amide bonds. The molecule has 0 unspecified atom stereocenters. The number of carbonyl (C=O) groups is 2. The Morgan fingerprint density at radius 1 is 1.07 bits per heavy atom. The summed E-state index contributed by atoms with van der Waals surface area (Å²) in [5.74, 6) is -5.91. The van der Waals surface area contributed by atoms with Crippen molar-refractivity contribution in [3.8, 4) is 22.8 Å². The Kier molecular flexibility index (Phi) is 8.60. The highest BCUT2D eigenvalue weighted by Gasteiger charge is 2.37. The van der Waals surface area contributed by atoms with Crippen LogP contribution in [0.3, 0.4) is 0 Å². The topological polar surface area (TPSA) is 92.6 Å². The molecule has 41 heavy (non-hydrogen) atoms. The Labute approximate surface area is 233 Å². The number of pyridine rings is 2. The third kappa shape index (κ3) is 6.47. The molecule has 0 spiro atoms. The summed E-state index contributed by atoms with van der Waals surface area (Å²) in [7, 11) is 0. The molecule has 2 heterocycles. The smallest absolute Gasteiger partial charge is 0.421 e. The van der Waals surface area contributed by atoms with Crippen LogP contribution < -0.4 is 9.64 Å². The van der Waals surface area contributed by atoms with Gasteiger partial charge in [0.05, 0.1) is 11.3 Å². The summed E-state index contributed by atoms with van der Waals surface area (Å²) in [5.41, 5.74) is -2.70. The van der Waals surface area contributed by atoms with Crippen molar-refractivity contribution in [2.24, 2.45) is 11.8 Å². The largest absolute Gasteiger partial charge is 0.478 e. The summed E-state index contributed by atoms with van der Waals surface area (Å²) in [6.07, 6.45) is -0.128. The summed E-state index contributed by atoms with van der Waals surface area (Å²) in [5, 5.41) is 9.92. The van der Waals surface area contributed by atoms with E-state index < -0.39 is 52.7 Å². The molecule has 1 N–H and O–H groups in total. The van der Waals surface area contributed by atoms with Gasteiger partial charge in [-0.25, -0.2) is 19.2 Å². The minimum atomic E-state index is -5.04. The van der Waals surface area contributed by atoms with Gasteiger partial charge in [-0.1, -0.05) is 6.92 Å². The Morgan fingerprint density at radius 2 is 1.76 bits per heavy atom. The summed E-state index contributed by atoms with van der Waals surface area (Å²) < 4.78 is 76.5. The Hall–Kier alpha value is -4.09. The van der Waals surface area contributed by atoms with Crippen LogP contribution in [0.4, 0.5) is 27.6 Å². The van der Waals surface area contributed by atoms with E-state index >= 15 is 4.39 Å². The normalized spacial score (nSPS) is 17.4. The summed E-state index contributed by atoms with van der Waals surface area (Å²) in [4.78, 5) is 33.9. The van der Waals surface area contributed by atoms with E-state index in [4.69, 9.17) is 4.74 Å². The first-order chi connectivity index (χ1) is 19.3. The Balaban J connectivity index is 1.74. The van der Waals surface area contributed by atoms with E-state index in [1.807, 2.05) is 0 Å². The molecular formula is C29H28F5N3O4. The number of rotatable bonds is 7. The second-order valence-electron chi connectivity index (χ2n) is 10.4. The Bertz CT molecular complexity index is 1450. The zero-order valence-electron chi connectivity index (χ0n) is 22.5. The van der Waals surface area contributed by atoms with Crippen molar-refractivity contribution in [2.75, 3.05) is 4.90 Å². The van der Waals surface area contributed by atoms with Gasteiger partial charge < -0.3 is 14.7 Å². The quantitative estimate of drug-likeness (QED) is 0.231. The van der Waals surface area contributed by atoms with Gasteiger partial charge in [0.25, 0.3) is 0 Å². The van der Waals surface area contributed by atoms with Crippen LogP contribution in [0.15, 0.2) is 42.7 Å². The number of carboxylic acid groups (broad SMARTS) is 1. The van der Waals surface area contributed by atoms with Crippen molar-refractivity contribution in [3.63, 3.8) is 0 Å². The van der Waals surface area contributed by atoms with Crippen LogP contribution in [0.5, 0.6) is 11.6 Å². The lowest BCUT2D eigenvalue weighted by atomic mass is 9.82. The average Bonchev–Trinajstić information content (AvgIpc) is 2.90. The number of hydrogen-bond acceptors (Lipinski definition) is 5. The molecule has 0 bridgehead atoms. The van der Waals surface area contributed by atoms with Gasteiger partial charge in [0.2, 0.25) is 17.7 Å². The zero-order chi connectivity index (χ0) is 30.1. The third-order valence-electron chi connectivity index (χ3n) is 7.09. The van der Waals surface area contributed by atoms with Crippen molar-refractivity contribution < 1.29 is 41.4 Å². The van der Waals surface area contributed by atoms with Crippen LogP contribution in [0.1, 0.15) is 62.4 Å². The summed E-state index contributed by atoms with van der Waals surface area (Å²) in [6.45, 7) is 5.40. The molecule has 3 aromatic rings. The average molecular weight is 578 g/mol. The van der Waals surface area contributed by atoms with E-state index in [0.29, 0.717) is 24.8 Å². The van der Waals surface area contributed by atoms with Crippen molar-refractivity contribution in [1.29, 1.82) is 0 Å². The summed E-state index contributed by atoms with van der Waals surface area (Å²) in [6, 6.07) is 4.10. The molecule has 0 atom stereocenters. The second-order valence-corrected chi connectivity index (χ2v) is 10.4. The number of carboxylic acids is 1.